The van der Waals surface area contributed by atoms with Crippen LogP contribution in [0, 0.1) is 5.92 Å². The second kappa shape index (κ2) is 4.83. The average Bonchev–Trinajstić information content (AvgIpc) is 2.85. The van der Waals surface area contributed by atoms with Gasteiger partial charge >= 0.3 is 11.9 Å². The number of hydrogen-bond acceptors (Lipinski definition) is 4. The van der Waals surface area contributed by atoms with Crippen LogP contribution in [0.2, 0.25) is 0 Å². The Morgan fingerprint density at radius 1 is 1.16 bits per heavy atom. The zero-order valence-corrected chi connectivity index (χ0v) is 11.5. The van der Waals surface area contributed by atoms with Gasteiger partial charge in [-0.15, -0.1) is 0 Å². The molecule has 4 heteroatoms. The summed E-state index contributed by atoms with van der Waals surface area (Å²) in [7, 11) is 0. The van der Waals surface area contributed by atoms with E-state index in [1.54, 1.807) is 13.8 Å². The molecule has 0 aromatic carbocycles. The largest absolute Gasteiger partial charge is 0.455 e. The van der Waals surface area contributed by atoms with Gasteiger partial charge in [-0.3, -0.25) is 0 Å². The van der Waals surface area contributed by atoms with Crippen LogP contribution in [0.25, 0.3) is 0 Å². The van der Waals surface area contributed by atoms with Crippen molar-refractivity contribution in [2.45, 2.75) is 51.2 Å². The van der Waals surface area contributed by atoms with E-state index in [1.165, 1.54) is 0 Å². The van der Waals surface area contributed by atoms with E-state index in [0.29, 0.717) is 17.1 Å². The SMILES string of the molecule is C=C(C)C(=O)OC1CC2CCC1(OC(=O)C(=C)C)C2. The summed E-state index contributed by atoms with van der Waals surface area (Å²) >= 11 is 0. The number of ether oxygens (including phenoxy) is 2. The molecule has 0 amide bonds. The van der Waals surface area contributed by atoms with E-state index in [2.05, 4.69) is 13.2 Å². The predicted octanol–water partition coefficient (Wildman–Crippen LogP) is 2.54. The number of rotatable bonds is 4. The van der Waals surface area contributed by atoms with E-state index in [9.17, 15) is 9.59 Å². The van der Waals surface area contributed by atoms with Crippen molar-refractivity contribution in [3.8, 4) is 0 Å². The van der Waals surface area contributed by atoms with Crippen molar-refractivity contribution in [3.63, 3.8) is 0 Å². The molecule has 0 heterocycles. The second-order valence-corrected chi connectivity index (χ2v) is 5.75. The highest BCUT2D eigenvalue weighted by molar-refractivity contribution is 5.88. The smallest absolute Gasteiger partial charge is 0.333 e. The van der Waals surface area contributed by atoms with Crippen molar-refractivity contribution in [2.75, 3.05) is 0 Å². The van der Waals surface area contributed by atoms with E-state index >= 15 is 0 Å². The van der Waals surface area contributed by atoms with Gasteiger partial charge in [0.05, 0.1) is 0 Å². The van der Waals surface area contributed by atoms with Gasteiger partial charge in [0.25, 0.3) is 0 Å². The van der Waals surface area contributed by atoms with Gasteiger partial charge in [-0.05, 0) is 45.4 Å². The summed E-state index contributed by atoms with van der Waals surface area (Å²) in [5.41, 5.74) is 0.0880. The third-order valence-electron chi connectivity index (χ3n) is 3.99. The quantitative estimate of drug-likeness (QED) is 0.578. The fraction of sp³-hybridized carbons (Fsp3) is 0.600. The van der Waals surface area contributed by atoms with Gasteiger partial charge in [-0.1, -0.05) is 13.2 Å². The summed E-state index contributed by atoms with van der Waals surface area (Å²) in [6.45, 7) is 10.4. The Balaban J connectivity index is 2.11. The monoisotopic (exact) mass is 264 g/mol. The summed E-state index contributed by atoms with van der Waals surface area (Å²) in [5.74, 6) is -0.344. The fourth-order valence-electron chi connectivity index (χ4n) is 2.97. The third kappa shape index (κ3) is 2.57. The summed E-state index contributed by atoms with van der Waals surface area (Å²) in [6, 6.07) is 0. The van der Waals surface area contributed by atoms with E-state index in [1.807, 2.05) is 0 Å². The topological polar surface area (TPSA) is 52.6 Å². The number of carbonyl (C=O) groups is 2. The molecule has 4 nitrogen and oxygen atoms in total. The van der Waals surface area contributed by atoms with Crippen molar-refractivity contribution < 1.29 is 19.1 Å². The minimum absolute atomic E-state index is 0.348. The van der Waals surface area contributed by atoms with Crippen LogP contribution in [-0.2, 0) is 19.1 Å². The van der Waals surface area contributed by atoms with Crippen LogP contribution in [0.1, 0.15) is 39.5 Å². The highest BCUT2D eigenvalue weighted by Crippen LogP contribution is 2.51. The van der Waals surface area contributed by atoms with Crippen LogP contribution in [0.4, 0.5) is 0 Å². The Labute approximate surface area is 113 Å². The lowest BCUT2D eigenvalue weighted by Crippen LogP contribution is -2.44. The molecular formula is C15H20O4. The van der Waals surface area contributed by atoms with Crippen LogP contribution >= 0.6 is 0 Å². The highest BCUT2D eigenvalue weighted by Gasteiger charge is 2.57. The second-order valence-electron chi connectivity index (χ2n) is 5.75. The molecule has 3 atom stereocenters. The van der Waals surface area contributed by atoms with E-state index < -0.39 is 17.5 Å². The number of fused-ring (bicyclic) bond motifs is 2. The molecule has 0 N–H and O–H groups in total. The molecule has 0 saturated heterocycles. The van der Waals surface area contributed by atoms with Gasteiger partial charge in [0.15, 0.2) is 0 Å². The molecule has 0 aromatic heterocycles. The van der Waals surface area contributed by atoms with Gasteiger partial charge in [0.1, 0.15) is 11.7 Å². The molecule has 2 bridgehead atoms. The fourth-order valence-corrected chi connectivity index (χ4v) is 2.97. The molecule has 2 saturated carbocycles. The predicted molar refractivity (Wildman–Crippen MR) is 70.3 cm³/mol. The van der Waals surface area contributed by atoms with E-state index in [4.69, 9.17) is 9.47 Å². The first-order chi connectivity index (χ1) is 8.84. The minimum atomic E-state index is -0.647. The average molecular weight is 264 g/mol. The van der Waals surface area contributed by atoms with Crippen LogP contribution < -0.4 is 0 Å². The van der Waals surface area contributed by atoms with Crippen molar-refractivity contribution in [1.82, 2.24) is 0 Å². The van der Waals surface area contributed by atoms with Gasteiger partial charge in [0.2, 0.25) is 0 Å². The van der Waals surface area contributed by atoms with Gasteiger partial charge in [0, 0.05) is 11.1 Å². The Morgan fingerprint density at radius 2 is 1.79 bits per heavy atom. The van der Waals surface area contributed by atoms with E-state index in [0.717, 1.165) is 25.7 Å². The van der Waals surface area contributed by atoms with Crippen molar-refractivity contribution >= 4 is 11.9 Å². The molecular weight excluding hydrogens is 244 g/mol. The normalized spacial score (nSPS) is 31.9. The maximum Gasteiger partial charge on any atom is 0.333 e. The lowest BCUT2D eigenvalue weighted by molar-refractivity contribution is -0.177. The molecule has 2 aliphatic carbocycles. The highest BCUT2D eigenvalue weighted by atomic mass is 16.6. The van der Waals surface area contributed by atoms with Crippen molar-refractivity contribution in [3.05, 3.63) is 24.3 Å². The summed E-state index contributed by atoms with van der Waals surface area (Å²) in [4.78, 5) is 23.4. The third-order valence-corrected chi connectivity index (χ3v) is 3.99. The minimum Gasteiger partial charge on any atom is -0.455 e. The number of carbonyl (C=O) groups excluding carboxylic acids is 2. The Kier molecular flexibility index (Phi) is 3.52. The molecule has 2 aliphatic rings. The maximum atomic E-state index is 11.8. The van der Waals surface area contributed by atoms with Crippen molar-refractivity contribution in [2.24, 2.45) is 5.92 Å². The summed E-state index contributed by atoms with van der Waals surface area (Å²) in [5, 5.41) is 0. The zero-order chi connectivity index (χ0) is 14.2. The summed E-state index contributed by atoms with van der Waals surface area (Å²) < 4.78 is 11.0. The van der Waals surface area contributed by atoms with Gasteiger partial charge in [-0.2, -0.15) is 0 Å². The first kappa shape index (κ1) is 13.8. The zero-order valence-electron chi connectivity index (χ0n) is 11.5. The number of hydrogen-bond donors (Lipinski definition) is 0. The molecule has 0 radical (unpaired) electrons. The van der Waals surface area contributed by atoms with Crippen LogP contribution in [-0.4, -0.2) is 23.6 Å². The Morgan fingerprint density at radius 3 is 2.32 bits per heavy atom. The molecule has 0 spiro atoms. The molecule has 2 fully saturated rings. The lowest BCUT2D eigenvalue weighted by Gasteiger charge is -2.34. The van der Waals surface area contributed by atoms with Crippen LogP contribution in [0.3, 0.4) is 0 Å². The maximum absolute atomic E-state index is 11.8. The standard InChI is InChI=1S/C15H20O4/c1-9(2)13(16)18-12-7-11-5-6-15(12,8-11)19-14(17)10(3)4/h11-12H,1,3,5-8H2,2,4H3. The molecule has 0 aliphatic heterocycles. The van der Waals surface area contributed by atoms with Gasteiger partial charge < -0.3 is 9.47 Å². The Bertz CT molecular complexity index is 451. The van der Waals surface area contributed by atoms with Crippen LogP contribution in [0.15, 0.2) is 24.3 Å². The molecule has 3 unspecified atom stereocenters. The first-order valence-electron chi connectivity index (χ1n) is 6.59. The lowest BCUT2D eigenvalue weighted by atomic mass is 9.93. The molecule has 19 heavy (non-hydrogen) atoms. The molecule has 104 valence electrons. The van der Waals surface area contributed by atoms with E-state index in [-0.39, 0.29) is 6.10 Å². The molecule has 0 aromatic rings. The Hall–Kier alpha value is -1.58. The van der Waals surface area contributed by atoms with Gasteiger partial charge in [-0.25, -0.2) is 9.59 Å². The van der Waals surface area contributed by atoms with Crippen LogP contribution in [0.5, 0.6) is 0 Å². The molecule has 2 rings (SSSR count). The van der Waals surface area contributed by atoms with Crippen molar-refractivity contribution in [1.29, 1.82) is 0 Å². The summed E-state index contributed by atoms with van der Waals surface area (Å²) in [6.07, 6.45) is 2.97. The first-order valence-corrected chi connectivity index (χ1v) is 6.59. The number of esters is 2.